The molecule has 0 bridgehead atoms. The van der Waals surface area contributed by atoms with Gasteiger partial charge in [-0.2, -0.15) is 0 Å². The molecule has 3 heterocycles. The lowest BCUT2D eigenvalue weighted by Crippen LogP contribution is -2.38. The van der Waals surface area contributed by atoms with Gasteiger partial charge in [-0.25, -0.2) is 13.6 Å². The quantitative estimate of drug-likeness (QED) is 0.912. The first-order valence-corrected chi connectivity index (χ1v) is 9.69. The summed E-state index contributed by atoms with van der Waals surface area (Å²) in [6, 6.07) is 5.39. The zero-order valence-electron chi connectivity index (χ0n) is 12.4. The van der Waals surface area contributed by atoms with Crippen LogP contribution in [0, 0.1) is 0 Å². The molecular formula is C15H17N3O3S2. The highest BCUT2D eigenvalue weighted by Gasteiger charge is 2.28. The molecule has 6 nitrogen and oxygen atoms in total. The first-order chi connectivity index (χ1) is 11.0. The van der Waals surface area contributed by atoms with E-state index < -0.39 is 10.0 Å². The van der Waals surface area contributed by atoms with Gasteiger partial charge in [-0.05, 0) is 47.9 Å². The number of amides is 1. The van der Waals surface area contributed by atoms with Crippen LogP contribution in [0.3, 0.4) is 0 Å². The Morgan fingerprint density at radius 1 is 1.22 bits per heavy atom. The topological polar surface area (TPSA) is 93.4 Å². The van der Waals surface area contributed by atoms with Gasteiger partial charge in [-0.1, -0.05) is 0 Å². The molecule has 23 heavy (non-hydrogen) atoms. The highest BCUT2D eigenvalue weighted by molar-refractivity contribution is 7.89. The normalized spacial score (nSPS) is 16.5. The number of nitrogens with zero attached hydrogens (tertiary/aromatic N) is 2. The predicted octanol–water partition coefficient (Wildman–Crippen LogP) is 1.81. The molecule has 0 radical (unpaired) electrons. The van der Waals surface area contributed by atoms with Crippen molar-refractivity contribution in [3.8, 4) is 0 Å². The van der Waals surface area contributed by atoms with Gasteiger partial charge in [0.15, 0.2) is 0 Å². The van der Waals surface area contributed by atoms with Crippen LogP contribution < -0.4 is 5.14 Å². The largest absolute Gasteiger partial charge is 0.338 e. The smallest absolute Gasteiger partial charge is 0.265 e. The summed E-state index contributed by atoms with van der Waals surface area (Å²) >= 11 is 1.12. The fourth-order valence-corrected chi connectivity index (χ4v) is 4.81. The molecule has 0 atom stereocenters. The van der Waals surface area contributed by atoms with Gasteiger partial charge in [-0.3, -0.25) is 9.78 Å². The summed E-state index contributed by atoms with van der Waals surface area (Å²) in [5.74, 6) is 0.153. The minimum atomic E-state index is -3.87. The van der Waals surface area contributed by atoms with Gasteiger partial charge in [0.1, 0.15) is 9.77 Å². The first kappa shape index (κ1) is 16.1. The minimum absolute atomic E-state index is 0.0799. The molecule has 0 saturated carbocycles. The number of primary sulfonamides is 1. The van der Waals surface area contributed by atoms with E-state index in [1.807, 2.05) is 12.1 Å². The molecular weight excluding hydrogens is 334 g/mol. The van der Waals surface area contributed by atoms with E-state index in [0.717, 1.165) is 24.2 Å². The van der Waals surface area contributed by atoms with Crippen LogP contribution in [0.2, 0.25) is 0 Å². The number of likely N-dealkylation sites (tertiary alicyclic amines) is 1. The van der Waals surface area contributed by atoms with E-state index in [9.17, 15) is 13.2 Å². The first-order valence-electron chi connectivity index (χ1n) is 7.26. The molecule has 8 heteroatoms. The van der Waals surface area contributed by atoms with Crippen molar-refractivity contribution in [3.63, 3.8) is 0 Å². The van der Waals surface area contributed by atoms with E-state index >= 15 is 0 Å². The number of hydrogen-bond acceptors (Lipinski definition) is 5. The molecule has 1 aliphatic rings. The molecule has 1 fully saturated rings. The Morgan fingerprint density at radius 2 is 1.87 bits per heavy atom. The number of hydrogen-bond donors (Lipinski definition) is 1. The second-order valence-corrected chi connectivity index (χ2v) is 7.95. The van der Waals surface area contributed by atoms with Crippen LogP contribution in [0.5, 0.6) is 0 Å². The van der Waals surface area contributed by atoms with E-state index in [-0.39, 0.29) is 15.7 Å². The second-order valence-electron chi connectivity index (χ2n) is 5.51. The maximum atomic E-state index is 12.6. The predicted molar refractivity (Wildman–Crippen MR) is 87.8 cm³/mol. The van der Waals surface area contributed by atoms with Crippen LogP contribution in [-0.2, 0) is 10.0 Å². The third kappa shape index (κ3) is 3.44. The minimum Gasteiger partial charge on any atom is -0.338 e. The Morgan fingerprint density at radius 3 is 2.48 bits per heavy atom. The standard InChI is InChI=1S/C15H17N3O3S2/c16-23(20,21)13-5-10-22-14(13)15(19)18-8-3-12(4-9-18)11-1-6-17-7-2-11/h1-2,5-7,10,12H,3-4,8-9H2,(H2,16,20,21). The average Bonchev–Trinajstić information content (AvgIpc) is 3.05. The van der Waals surface area contributed by atoms with E-state index in [0.29, 0.717) is 19.0 Å². The Bertz CT molecular complexity index is 794. The summed E-state index contributed by atoms with van der Waals surface area (Å²) in [4.78, 5) is 18.4. The molecule has 1 saturated heterocycles. The molecule has 2 aromatic rings. The van der Waals surface area contributed by atoms with Crippen molar-refractivity contribution in [3.05, 3.63) is 46.4 Å². The van der Waals surface area contributed by atoms with Crippen LogP contribution in [0.15, 0.2) is 40.9 Å². The molecule has 0 aromatic carbocycles. The molecule has 122 valence electrons. The number of thiophene rings is 1. The lowest BCUT2D eigenvalue weighted by molar-refractivity contribution is 0.0714. The number of carbonyl (C=O) groups excluding carboxylic acids is 1. The Labute approximate surface area is 139 Å². The Kier molecular flexibility index (Phi) is 4.47. The van der Waals surface area contributed by atoms with Gasteiger partial charge >= 0.3 is 0 Å². The van der Waals surface area contributed by atoms with Crippen molar-refractivity contribution in [1.82, 2.24) is 9.88 Å². The molecule has 1 amide bonds. The van der Waals surface area contributed by atoms with Crippen LogP contribution in [0.4, 0.5) is 0 Å². The number of pyridine rings is 1. The summed E-state index contributed by atoms with van der Waals surface area (Å²) < 4.78 is 23.1. The highest BCUT2D eigenvalue weighted by atomic mass is 32.2. The summed E-state index contributed by atoms with van der Waals surface area (Å²) in [6.07, 6.45) is 5.26. The Balaban J connectivity index is 1.71. The van der Waals surface area contributed by atoms with Crippen molar-refractivity contribution < 1.29 is 13.2 Å². The van der Waals surface area contributed by atoms with Crippen molar-refractivity contribution in [1.29, 1.82) is 0 Å². The molecule has 2 N–H and O–H groups in total. The molecule has 2 aromatic heterocycles. The maximum Gasteiger partial charge on any atom is 0.265 e. The molecule has 0 aliphatic carbocycles. The zero-order chi connectivity index (χ0) is 16.4. The van der Waals surface area contributed by atoms with Gasteiger partial charge in [0.25, 0.3) is 5.91 Å². The lowest BCUT2D eigenvalue weighted by atomic mass is 9.90. The van der Waals surface area contributed by atoms with Crippen molar-refractivity contribution in [2.24, 2.45) is 5.14 Å². The SMILES string of the molecule is NS(=O)(=O)c1ccsc1C(=O)N1CCC(c2ccncc2)CC1. The van der Waals surface area contributed by atoms with Gasteiger partial charge in [0.05, 0.1) is 0 Å². The van der Waals surface area contributed by atoms with Crippen LogP contribution in [0.1, 0.15) is 34.0 Å². The van der Waals surface area contributed by atoms with E-state index in [1.54, 1.807) is 22.7 Å². The lowest BCUT2D eigenvalue weighted by Gasteiger charge is -2.32. The van der Waals surface area contributed by atoms with Gasteiger partial charge in [0, 0.05) is 25.5 Å². The van der Waals surface area contributed by atoms with Crippen LogP contribution in [-0.4, -0.2) is 37.3 Å². The third-order valence-electron chi connectivity index (χ3n) is 4.09. The number of carbonyl (C=O) groups is 1. The average molecular weight is 351 g/mol. The van der Waals surface area contributed by atoms with Crippen molar-refractivity contribution >= 4 is 27.3 Å². The number of nitrogens with two attached hydrogens (primary N) is 1. The van der Waals surface area contributed by atoms with Gasteiger partial charge in [0.2, 0.25) is 10.0 Å². The molecule has 0 spiro atoms. The van der Waals surface area contributed by atoms with Gasteiger partial charge in [-0.15, -0.1) is 11.3 Å². The summed E-state index contributed by atoms with van der Waals surface area (Å²) in [5, 5.41) is 6.75. The number of rotatable bonds is 3. The van der Waals surface area contributed by atoms with E-state index in [4.69, 9.17) is 5.14 Å². The fraction of sp³-hybridized carbons (Fsp3) is 0.333. The second kappa shape index (κ2) is 6.38. The monoisotopic (exact) mass is 351 g/mol. The maximum absolute atomic E-state index is 12.6. The Hall–Kier alpha value is -1.77. The van der Waals surface area contributed by atoms with E-state index in [1.165, 1.54) is 11.6 Å². The van der Waals surface area contributed by atoms with Crippen LogP contribution >= 0.6 is 11.3 Å². The number of piperidine rings is 1. The number of aromatic nitrogens is 1. The summed E-state index contributed by atoms with van der Waals surface area (Å²) in [5.41, 5.74) is 1.23. The van der Waals surface area contributed by atoms with Gasteiger partial charge < -0.3 is 4.90 Å². The van der Waals surface area contributed by atoms with Crippen molar-refractivity contribution in [2.45, 2.75) is 23.7 Å². The van der Waals surface area contributed by atoms with E-state index in [2.05, 4.69) is 4.98 Å². The number of sulfonamides is 1. The summed E-state index contributed by atoms with van der Waals surface area (Å²) in [7, 11) is -3.87. The molecule has 1 aliphatic heterocycles. The summed E-state index contributed by atoms with van der Waals surface area (Å²) in [6.45, 7) is 1.21. The molecule has 3 rings (SSSR count). The van der Waals surface area contributed by atoms with Crippen molar-refractivity contribution in [2.75, 3.05) is 13.1 Å². The fourth-order valence-electron chi connectivity index (χ4n) is 2.87. The zero-order valence-corrected chi connectivity index (χ0v) is 14.0. The highest BCUT2D eigenvalue weighted by Crippen LogP contribution is 2.30. The van der Waals surface area contributed by atoms with Crippen LogP contribution in [0.25, 0.3) is 0 Å². The molecule has 0 unspecified atom stereocenters. The third-order valence-corrected chi connectivity index (χ3v) is 6.07.